The van der Waals surface area contributed by atoms with Crippen LogP contribution in [-0.4, -0.2) is 21.3 Å². The average Bonchev–Trinajstić information content (AvgIpc) is 2.06. The molecule has 0 aliphatic carbocycles. The topological polar surface area (TPSA) is 12.9 Å². The first kappa shape index (κ1) is 8.75. The number of hydrogen-bond acceptors (Lipinski definition) is 1. The standard InChI is InChI=1S/C11H10N.Al/c1-8-3-4-11-10(7-8)9(2)5-6-12-11;/h3-5,7H,1-2H3;. The van der Waals surface area contributed by atoms with E-state index in [1.807, 2.05) is 0 Å². The highest BCUT2D eigenvalue weighted by Gasteiger charge is 1.98. The molecule has 1 aromatic heterocycles. The van der Waals surface area contributed by atoms with Gasteiger partial charge in [0.25, 0.3) is 0 Å². The van der Waals surface area contributed by atoms with Gasteiger partial charge in [0, 0.05) is 5.39 Å². The van der Waals surface area contributed by atoms with E-state index < -0.39 is 0 Å². The van der Waals surface area contributed by atoms with Crippen molar-refractivity contribution in [3.8, 4) is 0 Å². The third-order valence-electron chi connectivity index (χ3n) is 2.19. The Balaban J connectivity index is 2.87. The molecule has 0 saturated heterocycles. The summed E-state index contributed by atoms with van der Waals surface area (Å²) in [5, 5.41) is 1.26. The zero-order chi connectivity index (χ0) is 9.42. The molecule has 2 radical (unpaired) electrons. The van der Waals surface area contributed by atoms with Gasteiger partial charge in [0.15, 0.2) is 0 Å². The van der Waals surface area contributed by atoms with Crippen molar-refractivity contribution in [1.82, 2.24) is 4.98 Å². The molecule has 0 unspecified atom stereocenters. The summed E-state index contributed by atoms with van der Waals surface area (Å²) in [6.07, 6.45) is 0. The fourth-order valence-corrected chi connectivity index (χ4v) is 1.92. The van der Waals surface area contributed by atoms with Crippen molar-refractivity contribution in [1.29, 1.82) is 0 Å². The van der Waals surface area contributed by atoms with E-state index in [1.165, 1.54) is 16.5 Å². The zero-order valence-corrected chi connectivity index (χ0v) is 8.99. The van der Waals surface area contributed by atoms with E-state index in [-0.39, 0.29) is 0 Å². The van der Waals surface area contributed by atoms with Gasteiger partial charge < -0.3 is 0 Å². The fraction of sp³-hybridized carbons (Fsp3) is 0.182. The van der Waals surface area contributed by atoms with Gasteiger partial charge in [-0.05, 0) is 31.5 Å². The summed E-state index contributed by atoms with van der Waals surface area (Å²) in [5.74, 6) is 0. The predicted octanol–water partition coefficient (Wildman–Crippen LogP) is 1.65. The van der Waals surface area contributed by atoms with Gasteiger partial charge in [0.05, 0.1) is 5.52 Å². The van der Waals surface area contributed by atoms with Gasteiger partial charge >= 0.3 is 0 Å². The van der Waals surface area contributed by atoms with Crippen molar-refractivity contribution in [3.63, 3.8) is 0 Å². The largest absolute Gasteiger partial charge is 0.274 e. The van der Waals surface area contributed by atoms with E-state index in [9.17, 15) is 0 Å². The Hall–Kier alpha value is -0.838. The van der Waals surface area contributed by atoms with Crippen molar-refractivity contribution in [2.45, 2.75) is 13.8 Å². The Kier molecular flexibility index (Phi) is 2.11. The second kappa shape index (κ2) is 3.14. The highest BCUT2D eigenvalue weighted by atomic mass is 27.0. The van der Waals surface area contributed by atoms with Crippen molar-refractivity contribution >= 4 is 31.7 Å². The number of pyridine rings is 1. The maximum Gasteiger partial charge on any atom is 0.209 e. The summed E-state index contributed by atoms with van der Waals surface area (Å²) in [6, 6.07) is 8.44. The first-order valence-electron chi connectivity index (χ1n) is 4.30. The van der Waals surface area contributed by atoms with Crippen LogP contribution in [0.1, 0.15) is 11.1 Å². The molecule has 2 rings (SSSR count). The second-order valence-electron chi connectivity index (χ2n) is 3.38. The molecule has 0 spiro atoms. The third-order valence-corrected chi connectivity index (χ3v) is 2.49. The average molecular weight is 183 g/mol. The van der Waals surface area contributed by atoms with Crippen LogP contribution < -0.4 is 4.56 Å². The molecule has 2 aromatic rings. The lowest BCUT2D eigenvalue weighted by Gasteiger charge is -2.04. The molecule has 1 aromatic carbocycles. The molecule has 0 saturated carbocycles. The number of nitrogens with zero attached hydrogens (tertiary/aromatic N) is 1. The number of benzene rings is 1. The lowest BCUT2D eigenvalue weighted by atomic mass is 10.1. The predicted molar refractivity (Wildman–Crippen MR) is 56.6 cm³/mol. The summed E-state index contributed by atoms with van der Waals surface area (Å²) in [6.45, 7) is 4.23. The molecular weight excluding hydrogens is 173 g/mol. The van der Waals surface area contributed by atoms with Crippen LogP contribution in [0.25, 0.3) is 10.9 Å². The van der Waals surface area contributed by atoms with E-state index in [2.05, 4.69) is 59.4 Å². The molecule has 1 heterocycles. The van der Waals surface area contributed by atoms with Gasteiger partial charge in [-0.3, -0.25) is 4.98 Å². The molecule has 0 bridgehead atoms. The summed E-state index contributed by atoms with van der Waals surface area (Å²) >= 11 is 2.64. The normalized spacial score (nSPS) is 10.6. The van der Waals surface area contributed by atoms with E-state index in [1.54, 1.807) is 0 Å². The van der Waals surface area contributed by atoms with Crippen LogP contribution in [0, 0.1) is 13.8 Å². The highest BCUT2D eigenvalue weighted by molar-refractivity contribution is 6.31. The van der Waals surface area contributed by atoms with Crippen LogP contribution in [0.5, 0.6) is 0 Å². The van der Waals surface area contributed by atoms with Crippen molar-refractivity contribution in [2.75, 3.05) is 0 Å². The summed E-state index contributed by atoms with van der Waals surface area (Å²) in [7, 11) is 0. The first-order valence-corrected chi connectivity index (χ1v) is 4.88. The minimum absolute atomic E-state index is 1.01. The van der Waals surface area contributed by atoms with Crippen LogP contribution >= 0.6 is 0 Å². The Morgan fingerprint density at radius 2 is 1.92 bits per heavy atom. The smallest absolute Gasteiger partial charge is 0.209 e. The molecule has 0 aliphatic rings. The molecule has 13 heavy (non-hydrogen) atoms. The molecule has 0 fully saturated rings. The summed E-state index contributed by atoms with van der Waals surface area (Å²) < 4.78 is 1.01. The molecule has 0 aliphatic heterocycles. The first-order chi connectivity index (χ1) is 6.16. The van der Waals surface area contributed by atoms with Crippen LogP contribution in [0.4, 0.5) is 0 Å². The quantitative estimate of drug-likeness (QED) is 0.566. The van der Waals surface area contributed by atoms with Gasteiger partial charge in [0.2, 0.25) is 16.3 Å². The van der Waals surface area contributed by atoms with E-state index in [4.69, 9.17) is 0 Å². The van der Waals surface area contributed by atoms with Gasteiger partial charge in [-0.25, -0.2) is 0 Å². The SMILES string of the molecule is Cc1ccc2n[c]([Al])cc(C)c2c1. The number of rotatable bonds is 0. The van der Waals surface area contributed by atoms with E-state index in [0.717, 1.165) is 10.1 Å². The lowest BCUT2D eigenvalue weighted by Crippen LogP contribution is -2.08. The van der Waals surface area contributed by atoms with Gasteiger partial charge in [-0.15, -0.1) is 0 Å². The minimum Gasteiger partial charge on any atom is -0.274 e. The molecule has 0 amide bonds. The van der Waals surface area contributed by atoms with E-state index in [0.29, 0.717) is 0 Å². The molecule has 1 nitrogen and oxygen atoms in total. The highest BCUT2D eigenvalue weighted by Crippen LogP contribution is 2.15. The van der Waals surface area contributed by atoms with E-state index >= 15 is 0 Å². The van der Waals surface area contributed by atoms with Gasteiger partial charge in [-0.1, -0.05) is 22.3 Å². The van der Waals surface area contributed by atoms with Crippen LogP contribution in [0.15, 0.2) is 24.3 Å². The summed E-state index contributed by atoms with van der Waals surface area (Å²) in [4.78, 5) is 4.44. The number of fused-ring (bicyclic) bond motifs is 1. The molecular formula is C11H10AlN. The lowest BCUT2D eigenvalue weighted by molar-refractivity contribution is 1.40. The maximum absolute atomic E-state index is 4.44. The Morgan fingerprint density at radius 3 is 2.69 bits per heavy atom. The van der Waals surface area contributed by atoms with Crippen molar-refractivity contribution in [3.05, 3.63) is 35.4 Å². The van der Waals surface area contributed by atoms with Crippen molar-refractivity contribution in [2.24, 2.45) is 0 Å². The monoisotopic (exact) mass is 183 g/mol. The fourth-order valence-electron chi connectivity index (χ4n) is 1.53. The van der Waals surface area contributed by atoms with Crippen LogP contribution in [0.2, 0.25) is 0 Å². The second-order valence-corrected chi connectivity index (χ2v) is 3.98. The molecule has 62 valence electrons. The van der Waals surface area contributed by atoms with Gasteiger partial charge in [0.1, 0.15) is 0 Å². The Labute approximate surface area is 86.2 Å². The van der Waals surface area contributed by atoms with Gasteiger partial charge in [-0.2, -0.15) is 0 Å². The number of aromatic nitrogens is 1. The van der Waals surface area contributed by atoms with Crippen LogP contribution in [0.3, 0.4) is 0 Å². The Bertz CT molecular complexity index is 463. The van der Waals surface area contributed by atoms with Crippen LogP contribution in [-0.2, 0) is 0 Å². The maximum atomic E-state index is 4.44. The molecule has 2 heteroatoms. The molecule has 0 atom stereocenters. The number of hydrogen-bond donors (Lipinski definition) is 0. The van der Waals surface area contributed by atoms with Crippen molar-refractivity contribution < 1.29 is 0 Å². The summed E-state index contributed by atoms with van der Waals surface area (Å²) in [5.41, 5.74) is 3.66. The number of aryl methyl sites for hydroxylation is 2. The molecule has 0 N–H and O–H groups in total. The Morgan fingerprint density at radius 1 is 1.15 bits per heavy atom. The zero-order valence-electron chi connectivity index (χ0n) is 7.83. The minimum atomic E-state index is 1.01. The third kappa shape index (κ3) is 1.61.